The van der Waals surface area contributed by atoms with Gasteiger partial charge in [0.2, 0.25) is 0 Å². The highest BCUT2D eigenvalue weighted by Crippen LogP contribution is 2.21. The molecule has 0 saturated carbocycles. The fraction of sp³-hybridized carbons (Fsp3) is 0.769. The molecule has 1 unspecified atom stereocenters. The summed E-state index contributed by atoms with van der Waals surface area (Å²) in [5.74, 6) is 0.731. The van der Waals surface area contributed by atoms with Crippen LogP contribution >= 0.6 is 0 Å². The Morgan fingerprint density at radius 1 is 1.25 bits per heavy atom. The number of nitrogens with zero attached hydrogens (tertiary/aromatic N) is 2. The average molecular weight is 223 g/mol. The van der Waals surface area contributed by atoms with Crippen LogP contribution in [0.2, 0.25) is 0 Å². The lowest BCUT2D eigenvalue weighted by Gasteiger charge is -2.11. The van der Waals surface area contributed by atoms with E-state index in [1.165, 1.54) is 17.7 Å². The molecule has 16 heavy (non-hydrogen) atoms. The van der Waals surface area contributed by atoms with Crippen molar-refractivity contribution in [2.24, 2.45) is 5.92 Å². The molecule has 0 fully saturated rings. The van der Waals surface area contributed by atoms with Crippen molar-refractivity contribution in [2.75, 3.05) is 7.05 Å². The fourth-order valence-electron chi connectivity index (χ4n) is 2.08. The molecular formula is C13H25N3. The summed E-state index contributed by atoms with van der Waals surface area (Å²) in [6.45, 7) is 12.0. The number of hydrogen-bond acceptors (Lipinski definition) is 2. The van der Waals surface area contributed by atoms with Gasteiger partial charge in [0.15, 0.2) is 0 Å². The van der Waals surface area contributed by atoms with Crippen LogP contribution in [0.25, 0.3) is 0 Å². The molecule has 0 saturated heterocycles. The van der Waals surface area contributed by atoms with Crippen LogP contribution in [-0.4, -0.2) is 16.8 Å². The first-order valence-electron chi connectivity index (χ1n) is 6.18. The van der Waals surface area contributed by atoms with Crippen LogP contribution in [-0.2, 0) is 6.54 Å². The lowest BCUT2D eigenvalue weighted by atomic mass is 10.1. The van der Waals surface area contributed by atoms with Crippen molar-refractivity contribution in [2.45, 2.75) is 53.6 Å². The zero-order valence-corrected chi connectivity index (χ0v) is 11.5. The Kier molecular flexibility index (Phi) is 4.54. The van der Waals surface area contributed by atoms with Gasteiger partial charge in [0.1, 0.15) is 0 Å². The number of nitrogens with one attached hydrogen (secondary N) is 1. The molecule has 0 aromatic carbocycles. The smallest absolute Gasteiger partial charge is 0.0644 e. The van der Waals surface area contributed by atoms with Gasteiger partial charge in [-0.05, 0) is 40.2 Å². The molecule has 1 heterocycles. The van der Waals surface area contributed by atoms with Crippen LogP contribution in [0.1, 0.15) is 50.2 Å². The zero-order chi connectivity index (χ0) is 12.3. The quantitative estimate of drug-likeness (QED) is 0.832. The fourth-order valence-corrected chi connectivity index (χ4v) is 2.08. The Balaban J connectivity index is 2.88. The van der Waals surface area contributed by atoms with E-state index in [1.807, 2.05) is 7.05 Å². The monoisotopic (exact) mass is 223 g/mol. The van der Waals surface area contributed by atoms with Gasteiger partial charge in [-0.15, -0.1) is 0 Å². The van der Waals surface area contributed by atoms with Gasteiger partial charge in [0.05, 0.1) is 5.69 Å². The minimum absolute atomic E-state index is 0.382. The topological polar surface area (TPSA) is 29.9 Å². The molecule has 1 rings (SSSR count). The normalized spacial score (nSPS) is 13.4. The van der Waals surface area contributed by atoms with Gasteiger partial charge in [0, 0.05) is 23.8 Å². The molecule has 92 valence electrons. The minimum atomic E-state index is 0.382. The lowest BCUT2D eigenvalue weighted by molar-refractivity contribution is 0.478. The third kappa shape index (κ3) is 2.85. The van der Waals surface area contributed by atoms with E-state index in [-0.39, 0.29) is 0 Å². The second kappa shape index (κ2) is 5.48. The third-order valence-corrected chi connectivity index (χ3v) is 3.22. The molecule has 0 radical (unpaired) electrons. The summed E-state index contributed by atoms with van der Waals surface area (Å²) in [5, 5.41) is 7.92. The molecule has 1 aromatic heterocycles. The van der Waals surface area contributed by atoms with Crippen LogP contribution in [0.4, 0.5) is 0 Å². The summed E-state index contributed by atoms with van der Waals surface area (Å²) >= 11 is 0. The van der Waals surface area contributed by atoms with Crippen molar-refractivity contribution in [3.8, 4) is 0 Å². The highest BCUT2D eigenvalue weighted by molar-refractivity contribution is 5.27. The second-order valence-corrected chi connectivity index (χ2v) is 5.00. The highest BCUT2D eigenvalue weighted by Gasteiger charge is 2.15. The van der Waals surface area contributed by atoms with E-state index in [4.69, 9.17) is 0 Å². The predicted molar refractivity (Wildman–Crippen MR) is 68.6 cm³/mol. The minimum Gasteiger partial charge on any atom is -0.313 e. The van der Waals surface area contributed by atoms with Crippen molar-refractivity contribution in [3.63, 3.8) is 0 Å². The van der Waals surface area contributed by atoms with Crippen LogP contribution in [0.5, 0.6) is 0 Å². The van der Waals surface area contributed by atoms with Crippen molar-refractivity contribution >= 4 is 0 Å². The molecule has 3 nitrogen and oxygen atoms in total. The maximum atomic E-state index is 4.63. The van der Waals surface area contributed by atoms with Gasteiger partial charge in [-0.3, -0.25) is 4.68 Å². The number of rotatable bonds is 5. The summed E-state index contributed by atoms with van der Waals surface area (Å²) in [7, 11) is 2.00. The second-order valence-electron chi connectivity index (χ2n) is 5.00. The van der Waals surface area contributed by atoms with Crippen molar-refractivity contribution in [1.82, 2.24) is 15.1 Å². The van der Waals surface area contributed by atoms with Gasteiger partial charge < -0.3 is 5.32 Å². The van der Waals surface area contributed by atoms with Gasteiger partial charge in [0.25, 0.3) is 0 Å². The maximum absolute atomic E-state index is 4.63. The molecule has 0 aliphatic carbocycles. The van der Waals surface area contributed by atoms with Crippen molar-refractivity contribution in [1.29, 1.82) is 0 Å². The van der Waals surface area contributed by atoms with E-state index in [9.17, 15) is 0 Å². The summed E-state index contributed by atoms with van der Waals surface area (Å²) in [4.78, 5) is 0. The van der Waals surface area contributed by atoms with E-state index in [0.29, 0.717) is 6.04 Å². The van der Waals surface area contributed by atoms with Gasteiger partial charge in [-0.2, -0.15) is 5.10 Å². The molecular weight excluding hydrogens is 198 g/mol. The van der Waals surface area contributed by atoms with Gasteiger partial charge in [-0.1, -0.05) is 13.8 Å². The Labute approximate surface area is 99.2 Å². The first kappa shape index (κ1) is 13.2. The Morgan fingerprint density at radius 2 is 1.88 bits per heavy atom. The summed E-state index contributed by atoms with van der Waals surface area (Å²) in [6.07, 6.45) is 1.19. The predicted octanol–water partition coefficient (Wildman–Crippen LogP) is 2.83. The standard InChI is InChI=1S/C13H25N3/c1-9(2)7-8-16-12(5)13(10(3)14-6)11(4)15-16/h9-10,14H,7-8H2,1-6H3. The Bertz CT molecular complexity index is 339. The average Bonchev–Trinajstić information content (AvgIpc) is 2.50. The molecule has 1 atom stereocenters. The van der Waals surface area contributed by atoms with E-state index < -0.39 is 0 Å². The summed E-state index contributed by atoms with van der Waals surface area (Å²) < 4.78 is 2.15. The van der Waals surface area contributed by atoms with E-state index >= 15 is 0 Å². The van der Waals surface area contributed by atoms with E-state index in [2.05, 4.69) is 49.7 Å². The highest BCUT2D eigenvalue weighted by atomic mass is 15.3. The Hall–Kier alpha value is -0.830. The van der Waals surface area contributed by atoms with Crippen molar-refractivity contribution in [3.05, 3.63) is 17.0 Å². The molecule has 0 aliphatic rings. The molecule has 0 amide bonds. The van der Waals surface area contributed by atoms with Crippen molar-refractivity contribution < 1.29 is 0 Å². The Morgan fingerprint density at radius 3 is 2.38 bits per heavy atom. The van der Waals surface area contributed by atoms with E-state index in [1.54, 1.807) is 0 Å². The van der Waals surface area contributed by atoms with Gasteiger partial charge in [-0.25, -0.2) is 0 Å². The van der Waals surface area contributed by atoms with Crippen LogP contribution in [0.3, 0.4) is 0 Å². The summed E-state index contributed by atoms with van der Waals surface area (Å²) in [6, 6.07) is 0.382. The zero-order valence-electron chi connectivity index (χ0n) is 11.5. The summed E-state index contributed by atoms with van der Waals surface area (Å²) in [5.41, 5.74) is 3.81. The molecule has 0 bridgehead atoms. The number of aromatic nitrogens is 2. The first-order valence-corrected chi connectivity index (χ1v) is 6.18. The molecule has 1 N–H and O–H groups in total. The van der Waals surface area contributed by atoms with Crippen LogP contribution in [0, 0.1) is 19.8 Å². The van der Waals surface area contributed by atoms with Gasteiger partial charge >= 0.3 is 0 Å². The molecule has 0 aliphatic heterocycles. The SMILES string of the molecule is CNC(C)c1c(C)nn(CCC(C)C)c1C. The van der Waals surface area contributed by atoms with E-state index in [0.717, 1.165) is 18.2 Å². The number of hydrogen-bond donors (Lipinski definition) is 1. The molecule has 3 heteroatoms. The van der Waals surface area contributed by atoms with Crippen LogP contribution in [0.15, 0.2) is 0 Å². The maximum Gasteiger partial charge on any atom is 0.0644 e. The van der Waals surface area contributed by atoms with Crippen LogP contribution < -0.4 is 5.32 Å². The molecule has 0 spiro atoms. The third-order valence-electron chi connectivity index (χ3n) is 3.22. The molecule has 1 aromatic rings. The number of aryl methyl sites for hydroxylation is 2. The first-order chi connectivity index (χ1) is 7.47. The largest absolute Gasteiger partial charge is 0.313 e. The lowest BCUT2D eigenvalue weighted by Crippen LogP contribution is -2.14.